The maximum atomic E-state index is 11.9. The van der Waals surface area contributed by atoms with Crippen LogP contribution in [-0.2, 0) is 25.5 Å². The molecule has 0 aliphatic carbocycles. The Hall–Kier alpha value is -2.17. The highest BCUT2D eigenvalue weighted by Crippen LogP contribution is 2.16. The van der Waals surface area contributed by atoms with Gasteiger partial charge >= 0.3 is 5.97 Å². The molecule has 2 atom stereocenters. The second kappa shape index (κ2) is 5.00. The molecular formula is C13H13NO4. The van der Waals surface area contributed by atoms with E-state index in [-0.39, 0.29) is 0 Å². The van der Waals surface area contributed by atoms with E-state index in [0.717, 1.165) is 12.7 Å². The molecule has 5 nitrogen and oxygen atoms in total. The molecule has 1 heterocycles. The minimum absolute atomic E-state index is 0.388. The van der Waals surface area contributed by atoms with Crippen molar-refractivity contribution >= 4 is 17.7 Å². The van der Waals surface area contributed by atoms with Crippen molar-refractivity contribution in [2.45, 2.75) is 12.5 Å². The molecule has 18 heavy (non-hydrogen) atoms. The molecule has 2 rings (SSSR count). The van der Waals surface area contributed by atoms with Crippen molar-refractivity contribution in [2.75, 3.05) is 7.11 Å². The van der Waals surface area contributed by atoms with E-state index in [9.17, 15) is 14.4 Å². The molecule has 1 N–H and O–H groups in total. The Morgan fingerprint density at radius 2 is 1.94 bits per heavy atom. The number of carbonyl (C=O) groups is 3. The summed E-state index contributed by atoms with van der Waals surface area (Å²) in [6.45, 7) is 0. The number of methoxy groups -OCH3 is 1. The molecule has 1 aromatic carbocycles. The molecule has 1 amide bonds. The fraction of sp³-hybridized carbons (Fsp3) is 0.308. The van der Waals surface area contributed by atoms with Crippen LogP contribution in [0.4, 0.5) is 0 Å². The first kappa shape index (κ1) is 12.3. The Morgan fingerprint density at radius 3 is 2.56 bits per heavy atom. The van der Waals surface area contributed by atoms with Crippen molar-refractivity contribution in [2.24, 2.45) is 5.92 Å². The van der Waals surface area contributed by atoms with Gasteiger partial charge in [-0.3, -0.25) is 14.4 Å². The van der Waals surface area contributed by atoms with Gasteiger partial charge < -0.3 is 10.1 Å². The third-order valence-corrected chi connectivity index (χ3v) is 2.93. The van der Waals surface area contributed by atoms with Crippen LogP contribution in [0.1, 0.15) is 5.56 Å². The maximum absolute atomic E-state index is 11.9. The van der Waals surface area contributed by atoms with Crippen LogP contribution in [0.2, 0.25) is 0 Å². The van der Waals surface area contributed by atoms with Gasteiger partial charge in [0, 0.05) is 0 Å². The summed E-state index contributed by atoms with van der Waals surface area (Å²) in [6.07, 6.45) is 0.388. The molecule has 5 heteroatoms. The van der Waals surface area contributed by atoms with Gasteiger partial charge in [0.25, 0.3) is 0 Å². The lowest BCUT2D eigenvalue weighted by atomic mass is 9.98. The Balaban J connectivity index is 2.11. The topological polar surface area (TPSA) is 72.5 Å². The third-order valence-electron chi connectivity index (χ3n) is 2.93. The summed E-state index contributed by atoms with van der Waals surface area (Å²) in [5, 5.41) is 2.53. The molecule has 0 bridgehead atoms. The number of esters is 1. The summed E-state index contributed by atoms with van der Waals surface area (Å²) in [5.41, 5.74) is 0.932. The van der Waals surface area contributed by atoms with Gasteiger partial charge in [-0.05, 0) is 12.0 Å². The highest BCUT2D eigenvalue weighted by Gasteiger charge is 2.46. The zero-order valence-corrected chi connectivity index (χ0v) is 9.88. The van der Waals surface area contributed by atoms with Gasteiger partial charge in [-0.2, -0.15) is 0 Å². The molecule has 94 valence electrons. The smallest absolute Gasteiger partial charge is 0.325 e. The Kier molecular flexibility index (Phi) is 3.41. The van der Waals surface area contributed by atoms with Crippen LogP contribution in [0.25, 0.3) is 0 Å². The highest BCUT2D eigenvalue weighted by molar-refractivity contribution is 6.22. The monoisotopic (exact) mass is 247 g/mol. The summed E-state index contributed by atoms with van der Waals surface area (Å²) in [7, 11) is 1.16. The molecule has 0 spiro atoms. The van der Waals surface area contributed by atoms with E-state index in [1.165, 1.54) is 0 Å². The summed E-state index contributed by atoms with van der Waals surface area (Å²) >= 11 is 0. The Morgan fingerprint density at radius 1 is 1.28 bits per heavy atom. The molecule has 1 saturated heterocycles. The molecule has 1 aliphatic heterocycles. The van der Waals surface area contributed by atoms with Gasteiger partial charge in [0.15, 0.2) is 11.7 Å². The first-order chi connectivity index (χ1) is 8.63. The fourth-order valence-corrected chi connectivity index (χ4v) is 2.00. The summed E-state index contributed by atoms with van der Waals surface area (Å²) in [6, 6.07) is 8.66. The molecule has 1 aliphatic rings. The first-order valence-electron chi connectivity index (χ1n) is 5.59. The van der Waals surface area contributed by atoms with Crippen LogP contribution < -0.4 is 5.32 Å². The van der Waals surface area contributed by atoms with Crippen molar-refractivity contribution in [1.82, 2.24) is 5.32 Å². The number of hydrogen-bond donors (Lipinski definition) is 1. The van der Waals surface area contributed by atoms with E-state index in [1.807, 2.05) is 30.3 Å². The fourth-order valence-electron chi connectivity index (χ4n) is 2.00. The number of Topliss-reactive ketones (excluding diaryl/α,β-unsaturated/α-hetero) is 1. The number of benzene rings is 1. The maximum Gasteiger partial charge on any atom is 0.325 e. The number of carbonyl (C=O) groups excluding carboxylic acids is 3. The summed E-state index contributed by atoms with van der Waals surface area (Å²) < 4.78 is 4.45. The second-order valence-electron chi connectivity index (χ2n) is 4.11. The predicted molar refractivity (Wildman–Crippen MR) is 62.6 cm³/mol. The lowest BCUT2D eigenvalue weighted by Gasteiger charge is -2.08. The van der Waals surface area contributed by atoms with E-state index in [1.54, 1.807) is 0 Å². The molecule has 1 fully saturated rings. The molecule has 0 radical (unpaired) electrons. The zero-order chi connectivity index (χ0) is 13.1. The van der Waals surface area contributed by atoms with Gasteiger partial charge in [-0.1, -0.05) is 30.3 Å². The van der Waals surface area contributed by atoms with Gasteiger partial charge in [0.2, 0.25) is 5.91 Å². The van der Waals surface area contributed by atoms with Crippen molar-refractivity contribution in [3.05, 3.63) is 35.9 Å². The van der Waals surface area contributed by atoms with E-state index >= 15 is 0 Å². The van der Waals surface area contributed by atoms with Crippen molar-refractivity contribution in [3.63, 3.8) is 0 Å². The molecule has 1 aromatic rings. The number of hydrogen-bond acceptors (Lipinski definition) is 4. The average Bonchev–Trinajstić information content (AvgIpc) is 2.65. The minimum atomic E-state index is -1.32. The quantitative estimate of drug-likeness (QED) is 0.606. The van der Waals surface area contributed by atoms with Gasteiger partial charge in [0.1, 0.15) is 0 Å². The predicted octanol–water partition coefficient (Wildman–Crippen LogP) is 0.0858. The lowest BCUT2D eigenvalue weighted by Crippen LogP contribution is -2.31. The lowest BCUT2D eigenvalue weighted by molar-refractivity contribution is -0.151. The zero-order valence-electron chi connectivity index (χ0n) is 9.88. The van der Waals surface area contributed by atoms with Crippen LogP contribution in [0.3, 0.4) is 0 Å². The summed E-state index contributed by atoms with van der Waals surface area (Å²) in [4.78, 5) is 34.8. The standard InChI is InChI=1S/C13H13NO4/c1-18-13(17)10-11(15)9(14-12(10)16)7-8-5-3-2-4-6-8/h2-6,9-10H,7H2,1H3,(H,14,16). The van der Waals surface area contributed by atoms with E-state index in [0.29, 0.717) is 6.42 Å². The van der Waals surface area contributed by atoms with Gasteiger partial charge in [-0.15, -0.1) is 0 Å². The molecular weight excluding hydrogens is 234 g/mol. The third kappa shape index (κ3) is 2.25. The first-order valence-corrected chi connectivity index (χ1v) is 5.59. The largest absolute Gasteiger partial charge is 0.468 e. The molecule has 2 unspecified atom stereocenters. The van der Waals surface area contributed by atoms with Crippen LogP contribution in [0, 0.1) is 5.92 Å². The van der Waals surface area contributed by atoms with Crippen molar-refractivity contribution in [1.29, 1.82) is 0 Å². The van der Waals surface area contributed by atoms with Crippen molar-refractivity contribution in [3.8, 4) is 0 Å². The van der Waals surface area contributed by atoms with Gasteiger partial charge in [-0.25, -0.2) is 0 Å². The summed E-state index contributed by atoms with van der Waals surface area (Å²) in [5.74, 6) is -3.11. The average molecular weight is 247 g/mol. The van der Waals surface area contributed by atoms with Gasteiger partial charge in [0.05, 0.1) is 13.2 Å². The van der Waals surface area contributed by atoms with Crippen LogP contribution >= 0.6 is 0 Å². The number of nitrogens with one attached hydrogen (secondary N) is 1. The molecule has 0 saturated carbocycles. The Bertz CT molecular complexity index is 483. The van der Waals surface area contributed by atoms with Crippen LogP contribution in [0.15, 0.2) is 30.3 Å². The molecule has 0 aromatic heterocycles. The number of ether oxygens (including phenoxy) is 1. The highest BCUT2D eigenvalue weighted by atomic mass is 16.5. The normalized spacial score (nSPS) is 22.7. The minimum Gasteiger partial charge on any atom is -0.468 e. The van der Waals surface area contributed by atoms with E-state index < -0.39 is 29.6 Å². The number of amides is 1. The van der Waals surface area contributed by atoms with E-state index in [2.05, 4.69) is 10.1 Å². The number of ketones is 1. The van der Waals surface area contributed by atoms with Crippen LogP contribution in [0.5, 0.6) is 0 Å². The van der Waals surface area contributed by atoms with E-state index in [4.69, 9.17) is 0 Å². The van der Waals surface area contributed by atoms with Crippen molar-refractivity contribution < 1.29 is 19.1 Å². The van der Waals surface area contributed by atoms with Crippen LogP contribution in [-0.4, -0.2) is 30.8 Å². The number of rotatable bonds is 3. The second-order valence-corrected chi connectivity index (χ2v) is 4.11. The SMILES string of the molecule is COC(=O)C1C(=O)NC(Cc2ccccc2)C1=O. The Labute approximate surface area is 104 Å².